The SMILES string of the molecule is CC(C)c1ccnc(Nc2cc(C3(C#N)CCNCC3)cc(N3CCC[C@H]3C)n2)c1. The number of rotatable bonds is 5. The van der Waals surface area contributed by atoms with Crippen LogP contribution in [-0.4, -0.2) is 35.6 Å². The molecule has 2 aliphatic heterocycles. The molecular formula is C24H32N6. The first-order valence-corrected chi connectivity index (χ1v) is 11.1. The van der Waals surface area contributed by atoms with E-state index in [-0.39, 0.29) is 0 Å². The van der Waals surface area contributed by atoms with Crippen molar-refractivity contribution >= 4 is 17.5 Å². The summed E-state index contributed by atoms with van der Waals surface area (Å²) < 4.78 is 0. The number of nitrogens with one attached hydrogen (secondary N) is 2. The molecule has 0 saturated carbocycles. The molecule has 6 heteroatoms. The molecule has 2 fully saturated rings. The maximum absolute atomic E-state index is 10.1. The highest BCUT2D eigenvalue weighted by Gasteiger charge is 2.35. The van der Waals surface area contributed by atoms with E-state index in [2.05, 4.69) is 71.6 Å². The number of anilines is 3. The van der Waals surface area contributed by atoms with Gasteiger partial charge in [0.15, 0.2) is 0 Å². The van der Waals surface area contributed by atoms with Crippen LogP contribution in [0.5, 0.6) is 0 Å². The number of aromatic nitrogens is 2. The molecule has 2 N–H and O–H groups in total. The highest BCUT2D eigenvalue weighted by Crippen LogP contribution is 2.37. The van der Waals surface area contributed by atoms with Gasteiger partial charge in [0.05, 0.1) is 11.5 Å². The van der Waals surface area contributed by atoms with Crippen LogP contribution in [-0.2, 0) is 5.41 Å². The van der Waals surface area contributed by atoms with Crippen molar-refractivity contribution in [3.63, 3.8) is 0 Å². The molecule has 0 bridgehead atoms. The largest absolute Gasteiger partial charge is 0.354 e. The van der Waals surface area contributed by atoms with Crippen LogP contribution in [0.4, 0.5) is 17.5 Å². The van der Waals surface area contributed by atoms with Crippen LogP contribution in [0, 0.1) is 11.3 Å². The van der Waals surface area contributed by atoms with Crippen molar-refractivity contribution in [1.29, 1.82) is 5.26 Å². The minimum Gasteiger partial charge on any atom is -0.354 e. The van der Waals surface area contributed by atoms with Crippen LogP contribution in [0.15, 0.2) is 30.5 Å². The molecule has 158 valence electrons. The summed E-state index contributed by atoms with van der Waals surface area (Å²) in [5.41, 5.74) is 1.84. The molecule has 0 unspecified atom stereocenters. The van der Waals surface area contributed by atoms with Gasteiger partial charge in [0, 0.05) is 18.8 Å². The van der Waals surface area contributed by atoms with E-state index in [0.717, 1.165) is 55.5 Å². The molecule has 6 nitrogen and oxygen atoms in total. The summed E-state index contributed by atoms with van der Waals surface area (Å²) in [5, 5.41) is 17.0. The lowest BCUT2D eigenvalue weighted by molar-refractivity contribution is 0.382. The Morgan fingerprint density at radius 1 is 1.23 bits per heavy atom. The van der Waals surface area contributed by atoms with Gasteiger partial charge in [-0.3, -0.25) is 0 Å². The van der Waals surface area contributed by atoms with Crippen molar-refractivity contribution in [3.8, 4) is 6.07 Å². The van der Waals surface area contributed by atoms with Gasteiger partial charge in [-0.05, 0) is 87.0 Å². The first-order valence-electron chi connectivity index (χ1n) is 11.1. The van der Waals surface area contributed by atoms with Gasteiger partial charge in [0.25, 0.3) is 0 Å². The summed E-state index contributed by atoms with van der Waals surface area (Å²) in [5.74, 6) is 2.96. The maximum atomic E-state index is 10.1. The van der Waals surface area contributed by atoms with Gasteiger partial charge >= 0.3 is 0 Å². The fourth-order valence-electron chi connectivity index (χ4n) is 4.60. The first kappa shape index (κ1) is 20.6. The molecule has 0 spiro atoms. The number of nitriles is 1. The zero-order valence-corrected chi connectivity index (χ0v) is 18.3. The Labute approximate surface area is 179 Å². The molecule has 4 rings (SSSR count). The van der Waals surface area contributed by atoms with Gasteiger partial charge in [0.1, 0.15) is 17.5 Å². The van der Waals surface area contributed by atoms with E-state index in [1.165, 1.54) is 18.4 Å². The van der Waals surface area contributed by atoms with Crippen LogP contribution in [0.25, 0.3) is 0 Å². The number of pyridine rings is 2. The average molecular weight is 405 g/mol. The molecule has 0 amide bonds. The van der Waals surface area contributed by atoms with E-state index in [9.17, 15) is 5.26 Å². The highest BCUT2D eigenvalue weighted by atomic mass is 15.2. The van der Waals surface area contributed by atoms with E-state index in [1.807, 2.05) is 6.20 Å². The summed E-state index contributed by atoms with van der Waals surface area (Å²) in [6.45, 7) is 9.36. The Hall–Kier alpha value is -2.65. The summed E-state index contributed by atoms with van der Waals surface area (Å²) in [4.78, 5) is 11.8. The number of nitrogens with zero attached hydrogens (tertiary/aromatic N) is 4. The third-order valence-corrected chi connectivity index (χ3v) is 6.59. The Kier molecular flexibility index (Phi) is 5.92. The highest BCUT2D eigenvalue weighted by molar-refractivity contribution is 5.60. The molecule has 1 atom stereocenters. The average Bonchev–Trinajstić information content (AvgIpc) is 3.20. The van der Waals surface area contributed by atoms with E-state index < -0.39 is 5.41 Å². The first-order chi connectivity index (χ1) is 14.5. The standard InChI is InChI=1S/C24H32N6/c1-17(2)19-6-9-27-21(13-19)28-22-14-20(24(16-25)7-10-26-11-8-24)15-23(29-22)30-12-4-5-18(30)3/h6,9,13-15,17-18,26H,4-5,7-8,10-12H2,1-3H3,(H,27,28,29)/t18-/m1/s1. The molecule has 2 aromatic heterocycles. The second kappa shape index (κ2) is 8.61. The minimum absolute atomic E-state index is 0.436. The summed E-state index contributed by atoms with van der Waals surface area (Å²) in [6.07, 6.45) is 5.85. The molecule has 0 aliphatic carbocycles. The quantitative estimate of drug-likeness (QED) is 0.765. The Bertz CT molecular complexity index is 926. The summed E-state index contributed by atoms with van der Waals surface area (Å²) in [7, 11) is 0. The van der Waals surface area contributed by atoms with Crippen LogP contribution in [0.2, 0.25) is 0 Å². The number of hydrogen-bond donors (Lipinski definition) is 2. The number of piperidine rings is 1. The van der Waals surface area contributed by atoms with Crippen molar-refractivity contribution in [2.24, 2.45) is 0 Å². The maximum Gasteiger partial charge on any atom is 0.134 e. The lowest BCUT2D eigenvalue weighted by Gasteiger charge is -2.33. The Balaban J connectivity index is 1.74. The van der Waals surface area contributed by atoms with Crippen LogP contribution in [0.1, 0.15) is 63.5 Å². The van der Waals surface area contributed by atoms with Gasteiger partial charge < -0.3 is 15.5 Å². The van der Waals surface area contributed by atoms with Gasteiger partial charge in [-0.1, -0.05) is 13.8 Å². The van der Waals surface area contributed by atoms with E-state index in [4.69, 9.17) is 4.98 Å². The van der Waals surface area contributed by atoms with E-state index >= 15 is 0 Å². The van der Waals surface area contributed by atoms with Crippen LogP contribution in [0.3, 0.4) is 0 Å². The van der Waals surface area contributed by atoms with Crippen LogP contribution >= 0.6 is 0 Å². The monoisotopic (exact) mass is 404 g/mol. The van der Waals surface area contributed by atoms with Gasteiger partial charge in [-0.25, -0.2) is 9.97 Å². The fourth-order valence-corrected chi connectivity index (χ4v) is 4.60. The molecule has 0 radical (unpaired) electrons. The van der Waals surface area contributed by atoms with Gasteiger partial charge in [-0.2, -0.15) is 5.26 Å². The van der Waals surface area contributed by atoms with Crippen LogP contribution < -0.4 is 15.5 Å². The van der Waals surface area contributed by atoms with Crippen molar-refractivity contribution in [1.82, 2.24) is 15.3 Å². The van der Waals surface area contributed by atoms with Gasteiger partial charge in [0.2, 0.25) is 0 Å². The predicted molar refractivity (Wildman–Crippen MR) is 121 cm³/mol. The zero-order valence-electron chi connectivity index (χ0n) is 18.3. The lowest BCUT2D eigenvalue weighted by Crippen LogP contribution is -2.39. The molecule has 30 heavy (non-hydrogen) atoms. The zero-order chi connectivity index (χ0) is 21.1. The van der Waals surface area contributed by atoms with Crippen molar-refractivity contribution < 1.29 is 0 Å². The Morgan fingerprint density at radius 3 is 2.70 bits per heavy atom. The predicted octanol–water partition coefficient (Wildman–Crippen LogP) is 4.48. The topological polar surface area (TPSA) is 76.9 Å². The molecular weight excluding hydrogens is 372 g/mol. The molecule has 2 aromatic rings. The van der Waals surface area contributed by atoms with E-state index in [0.29, 0.717) is 12.0 Å². The second-order valence-corrected chi connectivity index (χ2v) is 8.98. The number of hydrogen-bond acceptors (Lipinski definition) is 6. The summed E-state index contributed by atoms with van der Waals surface area (Å²) in [6, 6.07) is 11.5. The lowest BCUT2D eigenvalue weighted by atomic mass is 9.74. The smallest absolute Gasteiger partial charge is 0.134 e. The minimum atomic E-state index is -0.463. The Morgan fingerprint density at radius 2 is 2.03 bits per heavy atom. The normalized spacial score (nSPS) is 20.9. The van der Waals surface area contributed by atoms with Crippen molar-refractivity contribution in [3.05, 3.63) is 41.6 Å². The summed E-state index contributed by atoms with van der Waals surface area (Å²) >= 11 is 0. The molecule has 0 aromatic carbocycles. The third-order valence-electron chi connectivity index (χ3n) is 6.59. The molecule has 4 heterocycles. The van der Waals surface area contributed by atoms with Crippen molar-refractivity contribution in [2.45, 2.75) is 63.8 Å². The second-order valence-electron chi connectivity index (χ2n) is 8.98. The third kappa shape index (κ3) is 4.13. The van der Waals surface area contributed by atoms with Gasteiger partial charge in [-0.15, -0.1) is 0 Å². The fraction of sp³-hybridized carbons (Fsp3) is 0.542. The molecule has 2 saturated heterocycles. The molecule has 2 aliphatic rings. The van der Waals surface area contributed by atoms with Crippen molar-refractivity contribution in [2.75, 3.05) is 29.9 Å². The van der Waals surface area contributed by atoms with E-state index in [1.54, 1.807) is 0 Å².